The van der Waals surface area contributed by atoms with Crippen molar-refractivity contribution in [3.63, 3.8) is 0 Å². The molecule has 0 unspecified atom stereocenters. The monoisotopic (exact) mass is 206 g/mol. The summed E-state index contributed by atoms with van der Waals surface area (Å²) in [5, 5.41) is 3.58. The van der Waals surface area contributed by atoms with Crippen LogP contribution in [0.4, 0.5) is 4.39 Å². The van der Waals surface area contributed by atoms with Gasteiger partial charge in [-0.15, -0.1) is 0 Å². The minimum atomic E-state index is -0.387. The highest BCUT2D eigenvalue weighted by atomic mass is 19.1. The molecule has 0 bridgehead atoms. The van der Waals surface area contributed by atoms with E-state index >= 15 is 0 Å². The van der Waals surface area contributed by atoms with E-state index in [-0.39, 0.29) is 23.3 Å². The van der Waals surface area contributed by atoms with Crippen molar-refractivity contribution in [1.82, 2.24) is 10.1 Å². The molecule has 0 aliphatic rings. The molecule has 0 aliphatic carbocycles. The molecule has 0 aliphatic heterocycles. The number of carbonyl (C=O) groups is 1. The third-order valence-corrected chi connectivity index (χ3v) is 1.81. The summed E-state index contributed by atoms with van der Waals surface area (Å²) in [6.45, 7) is 1.32. The van der Waals surface area contributed by atoms with Gasteiger partial charge >= 0.3 is 0 Å². The minimum Gasteiger partial charge on any atom is -0.330 e. The fourth-order valence-electron chi connectivity index (χ4n) is 1.11. The van der Waals surface area contributed by atoms with Gasteiger partial charge in [-0.3, -0.25) is 4.79 Å². The second-order valence-corrected chi connectivity index (χ2v) is 2.99. The van der Waals surface area contributed by atoms with Crippen LogP contribution >= 0.6 is 0 Å². The molecule has 0 N–H and O–H groups in total. The third kappa shape index (κ3) is 1.90. The number of Topliss-reactive ketones (excluding diaryl/α,β-unsaturated/α-hetero) is 1. The van der Waals surface area contributed by atoms with Crippen LogP contribution in [-0.4, -0.2) is 15.9 Å². The molecule has 76 valence electrons. The first-order chi connectivity index (χ1) is 7.16. The summed E-state index contributed by atoms with van der Waals surface area (Å²) >= 11 is 0. The van der Waals surface area contributed by atoms with E-state index in [1.54, 1.807) is 6.07 Å². The number of hydrogen-bond donors (Lipinski definition) is 0. The molecule has 0 spiro atoms. The van der Waals surface area contributed by atoms with E-state index in [4.69, 9.17) is 0 Å². The summed E-state index contributed by atoms with van der Waals surface area (Å²) in [7, 11) is 0. The van der Waals surface area contributed by atoms with Crippen molar-refractivity contribution in [2.75, 3.05) is 0 Å². The first kappa shape index (κ1) is 9.51. The summed E-state index contributed by atoms with van der Waals surface area (Å²) in [4.78, 5) is 14.7. The van der Waals surface area contributed by atoms with E-state index in [1.807, 2.05) is 0 Å². The van der Waals surface area contributed by atoms with Gasteiger partial charge in [0.1, 0.15) is 5.82 Å². The number of halogens is 1. The molecule has 1 aromatic heterocycles. The number of benzene rings is 1. The fourth-order valence-corrected chi connectivity index (χ4v) is 1.11. The summed E-state index contributed by atoms with van der Waals surface area (Å²) in [5.41, 5.74) is 0.478. The van der Waals surface area contributed by atoms with Crippen molar-refractivity contribution in [3.05, 3.63) is 36.0 Å². The van der Waals surface area contributed by atoms with E-state index in [0.29, 0.717) is 5.56 Å². The molecule has 0 saturated carbocycles. The first-order valence-electron chi connectivity index (χ1n) is 4.27. The molecule has 0 atom stereocenters. The van der Waals surface area contributed by atoms with E-state index in [0.717, 1.165) is 0 Å². The number of hydrogen-bond acceptors (Lipinski definition) is 4. The molecule has 1 heterocycles. The second kappa shape index (κ2) is 3.61. The molecule has 5 heteroatoms. The molecule has 0 saturated heterocycles. The maximum absolute atomic E-state index is 12.9. The Morgan fingerprint density at radius 2 is 2.27 bits per heavy atom. The van der Waals surface area contributed by atoms with Crippen LogP contribution in [0.3, 0.4) is 0 Å². The smallest absolute Gasteiger partial charge is 0.294 e. The Balaban J connectivity index is 2.41. The average Bonchev–Trinajstić information content (AvgIpc) is 2.66. The molecule has 1 aromatic carbocycles. The van der Waals surface area contributed by atoms with Crippen LogP contribution in [0.2, 0.25) is 0 Å². The Bertz CT molecular complexity index is 508. The first-order valence-corrected chi connectivity index (χ1v) is 4.27. The summed E-state index contributed by atoms with van der Waals surface area (Å²) < 4.78 is 17.6. The topological polar surface area (TPSA) is 56.0 Å². The van der Waals surface area contributed by atoms with E-state index < -0.39 is 0 Å². The maximum Gasteiger partial charge on any atom is 0.294 e. The molecular formula is C10H7FN2O2. The average molecular weight is 206 g/mol. The van der Waals surface area contributed by atoms with Gasteiger partial charge < -0.3 is 4.52 Å². The van der Waals surface area contributed by atoms with Crippen molar-refractivity contribution in [3.8, 4) is 11.4 Å². The van der Waals surface area contributed by atoms with Crippen LogP contribution in [-0.2, 0) is 0 Å². The zero-order chi connectivity index (χ0) is 10.8. The Morgan fingerprint density at radius 1 is 1.47 bits per heavy atom. The molecule has 2 aromatic rings. The summed E-state index contributed by atoms with van der Waals surface area (Å²) in [6, 6.07) is 5.76. The Kier molecular flexibility index (Phi) is 2.29. The van der Waals surface area contributed by atoms with Crippen molar-refractivity contribution in [1.29, 1.82) is 0 Å². The molecule has 0 fully saturated rings. The van der Waals surface area contributed by atoms with Crippen LogP contribution < -0.4 is 0 Å². The van der Waals surface area contributed by atoms with Crippen LogP contribution in [0.25, 0.3) is 11.4 Å². The van der Waals surface area contributed by atoms with Gasteiger partial charge in [0.2, 0.25) is 11.6 Å². The molecule has 2 rings (SSSR count). The lowest BCUT2D eigenvalue weighted by atomic mass is 10.2. The van der Waals surface area contributed by atoms with Gasteiger partial charge in [-0.05, 0) is 12.1 Å². The van der Waals surface area contributed by atoms with Crippen LogP contribution in [0, 0.1) is 5.82 Å². The van der Waals surface area contributed by atoms with Crippen molar-refractivity contribution < 1.29 is 13.7 Å². The lowest BCUT2D eigenvalue weighted by Gasteiger charge is -1.92. The number of ketones is 1. The molecule has 0 amide bonds. The highest BCUT2D eigenvalue weighted by Gasteiger charge is 2.11. The molecule has 0 radical (unpaired) electrons. The Hall–Kier alpha value is -2.04. The van der Waals surface area contributed by atoms with Crippen molar-refractivity contribution >= 4 is 5.78 Å². The van der Waals surface area contributed by atoms with Crippen LogP contribution in [0.15, 0.2) is 28.8 Å². The normalized spacial score (nSPS) is 10.3. The minimum absolute atomic E-state index is 0.0748. The highest BCUT2D eigenvalue weighted by Crippen LogP contribution is 2.16. The largest absolute Gasteiger partial charge is 0.330 e. The van der Waals surface area contributed by atoms with E-state index in [1.165, 1.54) is 25.1 Å². The number of rotatable bonds is 2. The van der Waals surface area contributed by atoms with Gasteiger partial charge in [-0.2, -0.15) is 4.98 Å². The van der Waals surface area contributed by atoms with Crippen molar-refractivity contribution in [2.24, 2.45) is 0 Å². The van der Waals surface area contributed by atoms with E-state index in [2.05, 4.69) is 14.7 Å². The molecule has 4 nitrogen and oxygen atoms in total. The predicted molar refractivity (Wildman–Crippen MR) is 49.7 cm³/mol. The lowest BCUT2D eigenvalue weighted by molar-refractivity contribution is 0.0972. The summed E-state index contributed by atoms with van der Waals surface area (Å²) in [6.07, 6.45) is 0. The third-order valence-electron chi connectivity index (χ3n) is 1.81. The van der Waals surface area contributed by atoms with Crippen LogP contribution in [0.1, 0.15) is 17.6 Å². The molecule has 15 heavy (non-hydrogen) atoms. The fraction of sp³-hybridized carbons (Fsp3) is 0.100. The highest BCUT2D eigenvalue weighted by molar-refractivity contribution is 5.89. The van der Waals surface area contributed by atoms with Gasteiger partial charge in [0, 0.05) is 12.5 Å². The predicted octanol–water partition coefficient (Wildman–Crippen LogP) is 2.08. The number of nitrogens with zero attached hydrogens (tertiary/aromatic N) is 2. The summed E-state index contributed by atoms with van der Waals surface area (Å²) in [5.74, 6) is -0.569. The SMILES string of the molecule is CC(=O)c1nc(-c2cccc(F)c2)no1. The van der Waals surface area contributed by atoms with Gasteiger partial charge in [-0.1, -0.05) is 17.3 Å². The quantitative estimate of drug-likeness (QED) is 0.706. The van der Waals surface area contributed by atoms with E-state index in [9.17, 15) is 9.18 Å². The van der Waals surface area contributed by atoms with Crippen molar-refractivity contribution in [2.45, 2.75) is 6.92 Å². The Morgan fingerprint density at radius 3 is 2.87 bits per heavy atom. The van der Waals surface area contributed by atoms with Gasteiger partial charge in [0.05, 0.1) is 0 Å². The second-order valence-electron chi connectivity index (χ2n) is 2.99. The zero-order valence-corrected chi connectivity index (χ0v) is 7.90. The van der Waals surface area contributed by atoms with Gasteiger partial charge in [0.15, 0.2) is 0 Å². The number of carbonyl (C=O) groups excluding carboxylic acids is 1. The van der Waals surface area contributed by atoms with Gasteiger partial charge in [0.25, 0.3) is 5.89 Å². The zero-order valence-electron chi connectivity index (χ0n) is 7.90. The Labute approximate surface area is 84.7 Å². The number of aromatic nitrogens is 2. The lowest BCUT2D eigenvalue weighted by Crippen LogP contribution is -1.91. The molecular weight excluding hydrogens is 199 g/mol. The maximum atomic E-state index is 12.9. The standard InChI is InChI=1S/C10H7FN2O2/c1-6(14)10-12-9(13-15-10)7-3-2-4-8(11)5-7/h2-5H,1H3. The van der Waals surface area contributed by atoms with Crippen LogP contribution in [0.5, 0.6) is 0 Å². The van der Waals surface area contributed by atoms with Gasteiger partial charge in [-0.25, -0.2) is 4.39 Å².